The Morgan fingerprint density at radius 1 is 1.12 bits per heavy atom. The van der Waals surface area contributed by atoms with Crippen LogP contribution in [0.3, 0.4) is 0 Å². The molecule has 0 unspecified atom stereocenters. The van der Waals surface area contributed by atoms with Crippen LogP contribution in [-0.2, 0) is 11.0 Å². The molecule has 0 saturated heterocycles. The quantitative estimate of drug-likeness (QED) is 0.581. The van der Waals surface area contributed by atoms with Gasteiger partial charge >= 0.3 is 12.1 Å². The van der Waals surface area contributed by atoms with Crippen LogP contribution in [0, 0.1) is 0 Å². The SMILES string of the molecule is CC(=O)Oc1ccc(Nc2cc(C3CCCC3)nc(C(F)(F)F)c2)cc1. The van der Waals surface area contributed by atoms with Crippen LogP contribution < -0.4 is 10.1 Å². The van der Waals surface area contributed by atoms with Gasteiger partial charge in [-0.15, -0.1) is 0 Å². The van der Waals surface area contributed by atoms with Gasteiger partial charge in [-0.3, -0.25) is 4.79 Å². The average molecular weight is 364 g/mol. The van der Waals surface area contributed by atoms with Crippen molar-refractivity contribution in [2.75, 3.05) is 5.32 Å². The summed E-state index contributed by atoms with van der Waals surface area (Å²) in [5.74, 6) is 0.0143. The molecule has 0 aliphatic heterocycles. The van der Waals surface area contributed by atoms with Crippen molar-refractivity contribution in [1.82, 2.24) is 4.98 Å². The summed E-state index contributed by atoms with van der Waals surface area (Å²) in [6, 6.07) is 9.13. The fourth-order valence-electron chi connectivity index (χ4n) is 3.14. The predicted octanol–water partition coefficient (Wildman–Crippen LogP) is 5.43. The lowest BCUT2D eigenvalue weighted by Crippen LogP contribution is -2.11. The number of esters is 1. The van der Waals surface area contributed by atoms with E-state index in [1.807, 2.05) is 0 Å². The molecule has 1 saturated carbocycles. The number of nitrogens with one attached hydrogen (secondary N) is 1. The smallest absolute Gasteiger partial charge is 0.427 e. The topological polar surface area (TPSA) is 51.2 Å². The average Bonchev–Trinajstić information content (AvgIpc) is 3.10. The van der Waals surface area contributed by atoms with Gasteiger partial charge in [0.15, 0.2) is 0 Å². The Bertz CT molecular complexity index is 782. The van der Waals surface area contributed by atoms with E-state index in [0.29, 0.717) is 22.8 Å². The van der Waals surface area contributed by atoms with Gasteiger partial charge in [0.1, 0.15) is 11.4 Å². The largest absolute Gasteiger partial charge is 0.433 e. The van der Waals surface area contributed by atoms with Crippen LogP contribution in [0.4, 0.5) is 24.5 Å². The van der Waals surface area contributed by atoms with Crippen LogP contribution in [0.5, 0.6) is 5.75 Å². The van der Waals surface area contributed by atoms with Crippen molar-refractivity contribution in [3.8, 4) is 5.75 Å². The third-order valence-electron chi connectivity index (χ3n) is 4.31. The number of anilines is 2. The molecule has 7 heteroatoms. The highest BCUT2D eigenvalue weighted by Gasteiger charge is 2.34. The third kappa shape index (κ3) is 4.53. The van der Waals surface area contributed by atoms with Crippen molar-refractivity contribution in [3.05, 3.63) is 47.8 Å². The van der Waals surface area contributed by atoms with Crippen LogP contribution in [0.25, 0.3) is 0 Å². The zero-order valence-corrected chi connectivity index (χ0v) is 14.3. The molecule has 26 heavy (non-hydrogen) atoms. The summed E-state index contributed by atoms with van der Waals surface area (Å²) in [6.45, 7) is 1.30. The Morgan fingerprint density at radius 2 is 1.77 bits per heavy atom. The molecule has 0 bridgehead atoms. The van der Waals surface area contributed by atoms with Gasteiger partial charge in [-0.2, -0.15) is 13.2 Å². The molecular weight excluding hydrogens is 345 g/mol. The van der Waals surface area contributed by atoms with Gasteiger partial charge in [-0.25, -0.2) is 4.98 Å². The van der Waals surface area contributed by atoms with E-state index in [0.717, 1.165) is 31.7 Å². The Kier molecular flexibility index (Phi) is 5.15. The van der Waals surface area contributed by atoms with Crippen molar-refractivity contribution >= 4 is 17.3 Å². The van der Waals surface area contributed by atoms with Crippen molar-refractivity contribution in [2.45, 2.75) is 44.7 Å². The Labute approximate surface area is 149 Å². The second kappa shape index (κ2) is 7.35. The standard InChI is InChI=1S/C19H19F3N2O2/c1-12(25)26-16-8-6-14(7-9-16)23-15-10-17(13-4-2-3-5-13)24-18(11-15)19(20,21)22/h6-11,13H,2-5H2,1H3,(H,23,24). The molecule has 1 fully saturated rings. The fourth-order valence-corrected chi connectivity index (χ4v) is 3.14. The molecule has 0 amide bonds. The number of nitrogens with zero attached hydrogens (tertiary/aromatic N) is 1. The highest BCUT2D eigenvalue weighted by Crippen LogP contribution is 2.37. The maximum absolute atomic E-state index is 13.2. The van der Waals surface area contributed by atoms with Crippen LogP contribution >= 0.6 is 0 Å². The van der Waals surface area contributed by atoms with Crippen LogP contribution in [0.15, 0.2) is 36.4 Å². The molecule has 0 radical (unpaired) electrons. The summed E-state index contributed by atoms with van der Waals surface area (Å²) in [6.07, 6.45) is -0.730. The first-order valence-electron chi connectivity index (χ1n) is 8.46. The molecule has 0 atom stereocenters. The summed E-state index contributed by atoms with van der Waals surface area (Å²) in [7, 11) is 0. The first kappa shape index (κ1) is 18.2. The predicted molar refractivity (Wildman–Crippen MR) is 91.5 cm³/mol. The van der Waals surface area contributed by atoms with Gasteiger partial charge in [0.2, 0.25) is 0 Å². The van der Waals surface area contributed by atoms with E-state index in [9.17, 15) is 18.0 Å². The van der Waals surface area contributed by atoms with Crippen molar-refractivity contribution < 1.29 is 22.7 Å². The van der Waals surface area contributed by atoms with Crippen molar-refractivity contribution in [1.29, 1.82) is 0 Å². The van der Waals surface area contributed by atoms with Gasteiger partial charge in [0.25, 0.3) is 0 Å². The number of hydrogen-bond donors (Lipinski definition) is 1. The first-order chi connectivity index (χ1) is 12.3. The number of benzene rings is 1. The molecule has 4 nitrogen and oxygen atoms in total. The molecule has 1 aromatic heterocycles. The summed E-state index contributed by atoms with van der Waals surface area (Å²) in [5, 5.41) is 2.98. The number of hydrogen-bond acceptors (Lipinski definition) is 4. The summed E-state index contributed by atoms with van der Waals surface area (Å²) >= 11 is 0. The van der Waals surface area contributed by atoms with Crippen molar-refractivity contribution in [2.24, 2.45) is 0 Å². The molecule has 3 rings (SSSR count). The Morgan fingerprint density at radius 3 is 2.35 bits per heavy atom. The number of halogens is 3. The molecule has 2 aromatic rings. The molecule has 1 aliphatic rings. The minimum Gasteiger partial charge on any atom is -0.427 e. The molecular formula is C19H19F3N2O2. The monoisotopic (exact) mass is 364 g/mol. The highest BCUT2D eigenvalue weighted by molar-refractivity contribution is 5.70. The number of carbonyl (C=O) groups is 1. The number of ether oxygens (including phenoxy) is 1. The van der Waals surface area contributed by atoms with Crippen LogP contribution in [0.1, 0.15) is 49.9 Å². The summed E-state index contributed by atoms with van der Waals surface area (Å²) in [5.41, 5.74) is 0.532. The second-order valence-corrected chi connectivity index (χ2v) is 6.39. The van der Waals surface area contributed by atoms with Gasteiger partial charge in [0.05, 0.1) is 0 Å². The first-order valence-corrected chi connectivity index (χ1v) is 8.46. The number of rotatable bonds is 4. The van der Waals surface area contributed by atoms with E-state index in [-0.39, 0.29) is 5.92 Å². The Hall–Kier alpha value is -2.57. The maximum atomic E-state index is 13.2. The minimum absolute atomic E-state index is 0.0733. The fraction of sp³-hybridized carbons (Fsp3) is 0.368. The zero-order chi connectivity index (χ0) is 18.7. The molecule has 138 valence electrons. The highest BCUT2D eigenvalue weighted by atomic mass is 19.4. The number of aromatic nitrogens is 1. The Balaban J connectivity index is 1.86. The normalized spacial score (nSPS) is 15.1. The van der Waals surface area contributed by atoms with E-state index in [1.165, 1.54) is 6.92 Å². The summed E-state index contributed by atoms with van der Waals surface area (Å²) in [4.78, 5) is 14.8. The third-order valence-corrected chi connectivity index (χ3v) is 4.31. The second-order valence-electron chi connectivity index (χ2n) is 6.39. The lowest BCUT2D eigenvalue weighted by molar-refractivity contribution is -0.141. The number of carbonyl (C=O) groups excluding carboxylic acids is 1. The van der Waals surface area contributed by atoms with Gasteiger partial charge < -0.3 is 10.1 Å². The molecule has 0 spiro atoms. The van der Waals surface area contributed by atoms with E-state index in [2.05, 4.69) is 10.3 Å². The lowest BCUT2D eigenvalue weighted by Gasteiger charge is -2.16. The van der Waals surface area contributed by atoms with E-state index in [1.54, 1.807) is 30.3 Å². The van der Waals surface area contributed by atoms with Crippen LogP contribution in [-0.4, -0.2) is 11.0 Å². The lowest BCUT2D eigenvalue weighted by atomic mass is 10.0. The van der Waals surface area contributed by atoms with Gasteiger partial charge in [-0.1, -0.05) is 12.8 Å². The van der Waals surface area contributed by atoms with Crippen LogP contribution in [0.2, 0.25) is 0 Å². The molecule has 1 heterocycles. The molecule has 1 aliphatic carbocycles. The summed E-state index contributed by atoms with van der Waals surface area (Å²) < 4.78 is 44.6. The molecule has 1 aromatic carbocycles. The van der Waals surface area contributed by atoms with Gasteiger partial charge in [-0.05, 0) is 49.2 Å². The van der Waals surface area contributed by atoms with E-state index < -0.39 is 17.8 Å². The minimum atomic E-state index is -4.50. The van der Waals surface area contributed by atoms with Gasteiger partial charge in [0, 0.05) is 29.9 Å². The van der Waals surface area contributed by atoms with E-state index >= 15 is 0 Å². The maximum Gasteiger partial charge on any atom is 0.433 e. The number of alkyl halides is 3. The molecule has 1 N–H and O–H groups in total. The zero-order valence-electron chi connectivity index (χ0n) is 14.3. The van der Waals surface area contributed by atoms with E-state index in [4.69, 9.17) is 4.74 Å². The number of pyridine rings is 1. The van der Waals surface area contributed by atoms with Crippen molar-refractivity contribution in [3.63, 3.8) is 0 Å².